The highest BCUT2D eigenvalue weighted by Gasteiger charge is 2.18. The van der Waals surface area contributed by atoms with Gasteiger partial charge < -0.3 is 4.74 Å². The van der Waals surface area contributed by atoms with Crippen LogP contribution in [0.3, 0.4) is 0 Å². The van der Waals surface area contributed by atoms with Gasteiger partial charge in [-0.1, -0.05) is 24.3 Å². The fourth-order valence-corrected chi connectivity index (χ4v) is 2.89. The molecule has 0 saturated heterocycles. The zero-order chi connectivity index (χ0) is 13.1. The van der Waals surface area contributed by atoms with E-state index in [9.17, 15) is 4.79 Å². The first-order valence-electron chi connectivity index (χ1n) is 6.33. The minimum absolute atomic E-state index is 0.189. The monoisotopic (exact) mass is 273 g/mol. The third-order valence-corrected chi connectivity index (χ3v) is 4.11. The maximum absolute atomic E-state index is 12.1. The molecule has 19 heavy (non-hydrogen) atoms. The second kappa shape index (κ2) is 5.55. The van der Waals surface area contributed by atoms with Crippen molar-refractivity contribution < 1.29 is 9.53 Å². The van der Waals surface area contributed by atoms with Gasteiger partial charge in [-0.2, -0.15) is 0 Å². The number of carbonyl (C=O) groups is 1. The fraction of sp³-hybridized carbons (Fsp3) is 0.267. The second-order valence-corrected chi connectivity index (χ2v) is 5.52. The van der Waals surface area contributed by atoms with Gasteiger partial charge in [-0.15, -0.1) is 11.3 Å². The molecule has 4 heteroatoms. The Bertz CT molecular complexity index is 565. The number of thiophene rings is 1. The van der Waals surface area contributed by atoms with Crippen LogP contribution in [0.2, 0.25) is 0 Å². The molecule has 0 saturated carbocycles. The molecule has 0 bridgehead atoms. The number of nitrogens with zero attached hydrogens (tertiary/aromatic N) is 1. The van der Waals surface area contributed by atoms with Crippen molar-refractivity contribution in [3.8, 4) is 5.75 Å². The Kier molecular flexibility index (Phi) is 3.62. The molecule has 0 fully saturated rings. The standard InChI is InChI=1S/C15H15NO2S/c17-13(15-6-3-9-19-15)11-16-7-8-18-14-5-2-1-4-12(14)10-16/h1-6,9H,7-8,10-11H2. The minimum Gasteiger partial charge on any atom is -0.492 e. The molecule has 0 N–H and O–H groups in total. The number of hydrogen-bond donors (Lipinski definition) is 0. The van der Waals surface area contributed by atoms with Gasteiger partial charge in [0.15, 0.2) is 5.78 Å². The van der Waals surface area contributed by atoms with Crippen molar-refractivity contribution in [2.75, 3.05) is 19.7 Å². The molecule has 1 aliphatic rings. The number of fused-ring (bicyclic) bond motifs is 1. The minimum atomic E-state index is 0.189. The van der Waals surface area contributed by atoms with Crippen LogP contribution in [-0.4, -0.2) is 30.4 Å². The first-order valence-corrected chi connectivity index (χ1v) is 7.20. The lowest BCUT2D eigenvalue weighted by Crippen LogP contribution is -2.31. The lowest BCUT2D eigenvalue weighted by Gasteiger charge is -2.17. The molecule has 3 nitrogen and oxygen atoms in total. The lowest BCUT2D eigenvalue weighted by molar-refractivity contribution is 0.0925. The Morgan fingerprint density at radius 2 is 2.16 bits per heavy atom. The Hall–Kier alpha value is -1.65. The normalized spacial score (nSPS) is 15.4. The summed E-state index contributed by atoms with van der Waals surface area (Å²) in [5.74, 6) is 1.13. The van der Waals surface area contributed by atoms with Crippen molar-refractivity contribution in [1.82, 2.24) is 4.90 Å². The quantitative estimate of drug-likeness (QED) is 0.805. The number of rotatable bonds is 3. The predicted octanol–water partition coefficient (Wildman–Crippen LogP) is 2.83. The van der Waals surface area contributed by atoms with E-state index in [-0.39, 0.29) is 5.78 Å². The van der Waals surface area contributed by atoms with E-state index in [2.05, 4.69) is 11.0 Å². The number of hydrogen-bond acceptors (Lipinski definition) is 4. The highest BCUT2D eigenvalue weighted by Crippen LogP contribution is 2.22. The zero-order valence-corrected chi connectivity index (χ0v) is 11.4. The molecule has 0 atom stereocenters. The topological polar surface area (TPSA) is 29.5 Å². The van der Waals surface area contributed by atoms with Crippen LogP contribution >= 0.6 is 11.3 Å². The summed E-state index contributed by atoms with van der Waals surface area (Å²) in [5, 5.41) is 1.94. The van der Waals surface area contributed by atoms with Gasteiger partial charge in [-0.25, -0.2) is 0 Å². The van der Waals surface area contributed by atoms with Crippen LogP contribution in [-0.2, 0) is 6.54 Å². The smallest absolute Gasteiger partial charge is 0.186 e. The van der Waals surface area contributed by atoms with Crippen LogP contribution in [0.15, 0.2) is 41.8 Å². The number of carbonyl (C=O) groups excluding carboxylic acids is 1. The molecule has 0 unspecified atom stereocenters. The summed E-state index contributed by atoms with van der Waals surface area (Å²) in [6, 6.07) is 11.8. The molecule has 0 radical (unpaired) electrons. The molecule has 0 amide bonds. The number of benzene rings is 1. The van der Waals surface area contributed by atoms with E-state index in [0.29, 0.717) is 13.2 Å². The second-order valence-electron chi connectivity index (χ2n) is 4.57. The van der Waals surface area contributed by atoms with Crippen molar-refractivity contribution in [1.29, 1.82) is 0 Å². The molecule has 0 spiro atoms. The SMILES string of the molecule is O=C(CN1CCOc2ccccc2C1)c1cccs1. The average Bonchev–Trinajstić information content (AvgIpc) is 2.87. The van der Waals surface area contributed by atoms with Crippen molar-refractivity contribution in [3.05, 3.63) is 52.2 Å². The summed E-state index contributed by atoms with van der Waals surface area (Å²) in [5.41, 5.74) is 1.15. The van der Waals surface area contributed by atoms with Gasteiger partial charge in [0.1, 0.15) is 12.4 Å². The zero-order valence-electron chi connectivity index (χ0n) is 10.5. The van der Waals surface area contributed by atoms with Crippen LogP contribution in [0.5, 0.6) is 5.75 Å². The molecule has 1 aliphatic heterocycles. The Morgan fingerprint density at radius 3 is 3.00 bits per heavy atom. The van der Waals surface area contributed by atoms with Gasteiger partial charge in [0.05, 0.1) is 11.4 Å². The number of ketones is 1. The van der Waals surface area contributed by atoms with E-state index < -0.39 is 0 Å². The Balaban J connectivity index is 1.71. The van der Waals surface area contributed by atoms with Gasteiger partial charge in [-0.3, -0.25) is 9.69 Å². The van der Waals surface area contributed by atoms with Crippen LogP contribution in [0.1, 0.15) is 15.2 Å². The van der Waals surface area contributed by atoms with Crippen LogP contribution in [0.4, 0.5) is 0 Å². The van der Waals surface area contributed by atoms with E-state index in [1.807, 2.05) is 35.7 Å². The maximum atomic E-state index is 12.1. The third kappa shape index (κ3) is 2.85. The maximum Gasteiger partial charge on any atom is 0.186 e. The third-order valence-electron chi connectivity index (χ3n) is 3.19. The van der Waals surface area contributed by atoms with Crippen molar-refractivity contribution in [2.24, 2.45) is 0 Å². The fourth-order valence-electron chi connectivity index (χ4n) is 2.23. The predicted molar refractivity (Wildman–Crippen MR) is 75.9 cm³/mol. The summed E-state index contributed by atoms with van der Waals surface area (Å²) >= 11 is 1.50. The van der Waals surface area contributed by atoms with Gasteiger partial charge in [0, 0.05) is 18.7 Å². The molecule has 0 aliphatic carbocycles. The highest BCUT2D eigenvalue weighted by atomic mass is 32.1. The Labute approximate surface area is 116 Å². The molecular formula is C15H15NO2S. The van der Waals surface area contributed by atoms with Crippen molar-refractivity contribution in [3.63, 3.8) is 0 Å². The van der Waals surface area contributed by atoms with Crippen LogP contribution in [0.25, 0.3) is 0 Å². The van der Waals surface area contributed by atoms with Crippen molar-refractivity contribution in [2.45, 2.75) is 6.54 Å². The van der Waals surface area contributed by atoms with Crippen LogP contribution in [0, 0.1) is 0 Å². The van der Waals surface area contributed by atoms with E-state index in [0.717, 1.165) is 29.3 Å². The Morgan fingerprint density at radius 1 is 1.26 bits per heavy atom. The summed E-state index contributed by atoms with van der Waals surface area (Å²) in [6.45, 7) is 2.64. The van der Waals surface area contributed by atoms with Gasteiger partial charge >= 0.3 is 0 Å². The lowest BCUT2D eigenvalue weighted by atomic mass is 10.2. The van der Waals surface area contributed by atoms with E-state index >= 15 is 0 Å². The van der Waals surface area contributed by atoms with Gasteiger partial charge in [0.2, 0.25) is 0 Å². The van der Waals surface area contributed by atoms with Crippen molar-refractivity contribution >= 4 is 17.1 Å². The average molecular weight is 273 g/mol. The van der Waals surface area contributed by atoms with E-state index in [4.69, 9.17) is 4.74 Å². The van der Waals surface area contributed by atoms with Gasteiger partial charge in [0.25, 0.3) is 0 Å². The summed E-state index contributed by atoms with van der Waals surface area (Å²) in [6.07, 6.45) is 0. The number of Topliss-reactive ketones (excluding diaryl/α,β-unsaturated/α-hetero) is 1. The molecule has 2 aromatic rings. The number of para-hydroxylation sites is 1. The molecule has 2 heterocycles. The van der Waals surface area contributed by atoms with Crippen LogP contribution < -0.4 is 4.74 Å². The summed E-state index contributed by atoms with van der Waals surface area (Å²) < 4.78 is 5.70. The number of ether oxygens (including phenoxy) is 1. The summed E-state index contributed by atoms with van der Waals surface area (Å²) in [4.78, 5) is 15.1. The molecule has 1 aromatic carbocycles. The molecule has 3 rings (SSSR count). The highest BCUT2D eigenvalue weighted by molar-refractivity contribution is 7.12. The molecule has 98 valence electrons. The molecule has 1 aromatic heterocycles. The summed E-state index contributed by atoms with van der Waals surface area (Å²) in [7, 11) is 0. The molecular weight excluding hydrogens is 258 g/mol. The van der Waals surface area contributed by atoms with E-state index in [1.54, 1.807) is 0 Å². The van der Waals surface area contributed by atoms with Gasteiger partial charge in [-0.05, 0) is 17.5 Å². The first kappa shape index (κ1) is 12.4. The first-order chi connectivity index (χ1) is 9.33. The van der Waals surface area contributed by atoms with E-state index in [1.165, 1.54) is 11.3 Å². The largest absolute Gasteiger partial charge is 0.492 e.